The predicted octanol–water partition coefficient (Wildman–Crippen LogP) is 0.855. The van der Waals surface area contributed by atoms with Crippen molar-refractivity contribution in [2.45, 2.75) is 26.2 Å². The fourth-order valence-corrected chi connectivity index (χ4v) is 2.99. The Morgan fingerprint density at radius 1 is 1.24 bits per heavy atom. The number of aliphatic hydroxyl groups excluding tert-OH is 1. The number of rotatable bonds is 3. The number of carbonyl (C=O) groups is 1. The van der Waals surface area contributed by atoms with Crippen LogP contribution in [0, 0.1) is 0 Å². The Balaban J connectivity index is 1.61. The van der Waals surface area contributed by atoms with E-state index in [1.807, 2.05) is 23.1 Å². The molecule has 0 bridgehead atoms. The Labute approximate surface area is 125 Å². The molecule has 2 aliphatic rings. The molecular weight excluding hydrogens is 268 g/mol. The van der Waals surface area contributed by atoms with E-state index in [0.717, 1.165) is 37.3 Å². The minimum atomic E-state index is -0.316. The van der Waals surface area contributed by atoms with E-state index in [0.29, 0.717) is 19.8 Å². The van der Waals surface area contributed by atoms with E-state index < -0.39 is 0 Å². The smallest absolute Gasteiger partial charge is 0.253 e. The van der Waals surface area contributed by atoms with Gasteiger partial charge in [-0.3, -0.25) is 9.69 Å². The van der Waals surface area contributed by atoms with E-state index in [9.17, 15) is 9.90 Å². The Kier molecular flexibility index (Phi) is 4.24. The van der Waals surface area contributed by atoms with Crippen LogP contribution in [0.1, 0.15) is 28.4 Å². The van der Waals surface area contributed by atoms with Gasteiger partial charge in [-0.05, 0) is 30.2 Å². The molecule has 5 heteroatoms. The SMILES string of the molecule is CC(O)CN1CCN(C(=O)c2ccc3c(c2)COC3)CC1. The van der Waals surface area contributed by atoms with Crippen LogP contribution >= 0.6 is 0 Å². The van der Waals surface area contributed by atoms with Gasteiger partial charge < -0.3 is 14.7 Å². The summed E-state index contributed by atoms with van der Waals surface area (Å²) in [5, 5.41) is 9.41. The van der Waals surface area contributed by atoms with Crippen LogP contribution in [0.25, 0.3) is 0 Å². The summed E-state index contributed by atoms with van der Waals surface area (Å²) >= 11 is 0. The number of ether oxygens (including phenoxy) is 1. The maximum atomic E-state index is 12.5. The largest absolute Gasteiger partial charge is 0.392 e. The zero-order valence-electron chi connectivity index (χ0n) is 12.4. The summed E-state index contributed by atoms with van der Waals surface area (Å²) in [6.45, 7) is 6.83. The average Bonchev–Trinajstić information content (AvgIpc) is 2.94. The van der Waals surface area contributed by atoms with Crippen LogP contribution in [-0.2, 0) is 18.0 Å². The van der Waals surface area contributed by atoms with Crippen molar-refractivity contribution in [3.63, 3.8) is 0 Å². The van der Waals surface area contributed by atoms with Crippen molar-refractivity contribution in [1.29, 1.82) is 0 Å². The average molecular weight is 290 g/mol. The molecule has 1 aromatic carbocycles. The number of amides is 1. The molecular formula is C16H22N2O3. The zero-order valence-corrected chi connectivity index (χ0v) is 12.4. The molecule has 0 radical (unpaired) electrons. The van der Waals surface area contributed by atoms with Gasteiger partial charge >= 0.3 is 0 Å². The zero-order chi connectivity index (χ0) is 14.8. The molecule has 0 aromatic heterocycles. The van der Waals surface area contributed by atoms with Crippen molar-refractivity contribution in [2.75, 3.05) is 32.7 Å². The van der Waals surface area contributed by atoms with Gasteiger partial charge in [0.1, 0.15) is 0 Å². The van der Waals surface area contributed by atoms with E-state index in [1.165, 1.54) is 5.56 Å². The molecule has 1 amide bonds. The van der Waals surface area contributed by atoms with Crippen LogP contribution in [-0.4, -0.2) is 59.6 Å². The molecule has 1 atom stereocenters. The van der Waals surface area contributed by atoms with Gasteiger partial charge in [0, 0.05) is 38.3 Å². The van der Waals surface area contributed by atoms with Crippen LogP contribution in [0.5, 0.6) is 0 Å². The third-order valence-corrected chi connectivity index (χ3v) is 4.15. The first-order valence-corrected chi connectivity index (χ1v) is 7.53. The molecule has 1 fully saturated rings. The van der Waals surface area contributed by atoms with Gasteiger partial charge in [-0.25, -0.2) is 0 Å². The molecule has 1 N–H and O–H groups in total. The standard InChI is InChI=1S/C16H22N2O3/c1-12(19)9-17-4-6-18(7-5-17)16(20)13-2-3-14-10-21-11-15(14)8-13/h2-3,8,12,19H,4-7,9-11H2,1H3. The molecule has 5 nitrogen and oxygen atoms in total. The molecule has 2 heterocycles. The highest BCUT2D eigenvalue weighted by molar-refractivity contribution is 5.94. The quantitative estimate of drug-likeness (QED) is 0.897. The van der Waals surface area contributed by atoms with Crippen molar-refractivity contribution in [1.82, 2.24) is 9.80 Å². The number of benzene rings is 1. The molecule has 114 valence electrons. The lowest BCUT2D eigenvalue weighted by Gasteiger charge is -2.35. The fraction of sp³-hybridized carbons (Fsp3) is 0.562. The predicted molar refractivity (Wildman–Crippen MR) is 79.0 cm³/mol. The minimum absolute atomic E-state index is 0.0985. The van der Waals surface area contributed by atoms with Crippen molar-refractivity contribution in [2.24, 2.45) is 0 Å². The summed E-state index contributed by atoms with van der Waals surface area (Å²) in [5.74, 6) is 0.0985. The van der Waals surface area contributed by atoms with Gasteiger partial charge in [0.25, 0.3) is 5.91 Å². The molecule has 1 aromatic rings. The molecule has 2 aliphatic heterocycles. The van der Waals surface area contributed by atoms with E-state index in [1.54, 1.807) is 6.92 Å². The normalized spacial score (nSPS) is 20.4. The number of piperazine rings is 1. The summed E-state index contributed by atoms with van der Waals surface area (Å²) in [5.41, 5.74) is 3.07. The molecule has 1 unspecified atom stereocenters. The van der Waals surface area contributed by atoms with Crippen molar-refractivity contribution in [3.8, 4) is 0 Å². The van der Waals surface area contributed by atoms with Crippen LogP contribution in [0.15, 0.2) is 18.2 Å². The van der Waals surface area contributed by atoms with Crippen LogP contribution in [0.3, 0.4) is 0 Å². The van der Waals surface area contributed by atoms with Crippen LogP contribution in [0.4, 0.5) is 0 Å². The molecule has 0 spiro atoms. The van der Waals surface area contributed by atoms with Gasteiger partial charge in [0.15, 0.2) is 0 Å². The Morgan fingerprint density at radius 2 is 1.95 bits per heavy atom. The van der Waals surface area contributed by atoms with E-state index in [2.05, 4.69) is 4.90 Å². The first-order valence-electron chi connectivity index (χ1n) is 7.53. The van der Waals surface area contributed by atoms with Crippen molar-refractivity contribution < 1.29 is 14.6 Å². The van der Waals surface area contributed by atoms with Gasteiger partial charge in [-0.15, -0.1) is 0 Å². The van der Waals surface area contributed by atoms with E-state index in [-0.39, 0.29) is 12.0 Å². The van der Waals surface area contributed by atoms with Crippen LogP contribution < -0.4 is 0 Å². The first-order chi connectivity index (χ1) is 10.1. The monoisotopic (exact) mass is 290 g/mol. The number of aliphatic hydroxyl groups is 1. The molecule has 0 aliphatic carbocycles. The fourth-order valence-electron chi connectivity index (χ4n) is 2.99. The molecule has 0 saturated carbocycles. The minimum Gasteiger partial charge on any atom is -0.392 e. The highest BCUT2D eigenvalue weighted by atomic mass is 16.5. The molecule has 1 saturated heterocycles. The Bertz CT molecular complexity index is 522. The van der Waals surface area contributed by atoms with Gasteiger partial charge in [-0.1, -0.05) is 6.07 Å². The third-order valence-electron chi connectivity index (χ3n) is 4.15. The summed E-state index contributed by atoms with van der Waals surface area (Å²) in [7, 11) is 0. The maximum Gasteiger partial charge on any atom is 0.253 e. The Morgan fingerprint density at radius 3 is 2.67 bits per heavy atom. The number of nitrogens with zero attached hydrogens (tertiary/aromatic N) is 2. The van der Waals surface area contributed by atoms with E-state index >= 15 is 0 Å². The summed E-state index contributed by atoms with van der Waals surface area (Å²) in [6.07, 6.45) is -0.316. The number of fused-ring (bicyclic) bond motifs is 1. The lowest BCUT2D eigenvalue weighted by molar-refractivity contribution is 0.0554. The summed E-state index contributed by atoms with van der Waals surface area (Å²) < 4.78 is 5.39. The third kappa shape index (κ3) is 3.26. The Hall–Kier alpha value is -1.43. The van der Waals surface area contributed by atoms with Crippen molar-refractivity contribution in [3.05, 3.63) is 34.9 Å². The number of β-amino-alcohol motifs (C(OH)–C–C–N with tert-alkyl or cyclic N) is 1. The second kappa shape index (κ2) is 6.13. The molecule has 3 rings (SSSR count). The van der Waals surface area contributed by atoms with E-state index in [4.69, 9.17) is 4.74 Å². The number of hydrogen-bond donors (Lipinski definition) is 1. The second-order valence-electron chi connectivity index (χ2n) is 5.92. The highest BCUT2D eigenvalue weighted by Gasteiger charge is 2.23. The number of carbonyl (C=O) groups excluding carboxylic acids is 1. The lowest BCUT2D eigenvalue weighted by atomic mass is 10.1. The lowest BCUT2D eigenvalue weighted by Crippen LogP contribution is -2.50. The summed E-state index contributed by atoms with van der Waals surface area (Å²) in [6, 6.07) is 5.87. The molecule has 21 heavy (non-hydrogen) atoms. The van der Waals surface area contributed by atoms with Gasteiger partial charge in [0.05, 0.1) is 19.3 Å². The van der Waals surface area contributed by atoms with Gasteiger partial charge in [0.2, 0.25) is 0 Å². The number of hydrogen-bond acceptors (Lipinski definition) is 4. The second-order valence-corrected chi connectivity index (χ2v) is 5.92. The van der Waals surface area contributed by atoms with Crippen molar-refractivity contribution >= 4 is 5.91 Å². The highest BCUT2D eigenvalue weighted by Crippen LogP contribution is 2.21. The summed E-state index contributed by atoms with van der Waals surface area (Å²) in [4.78, 5) is 16.6. The maximum absolute atomic E-state index is 12.5. The first kappa shape index (κ1) is 14.5. The van der Waals surface area contributed by atoms with Gasteiger partial charge in [-0.2, -0.15) is 0 Å². The van der Waals surface area contributed by atoms with Crippen LogP contribution in [0.2, 0.25) is 0 Å². The topological polar surface area (TPSA) is 53.0 Å².